The highest BCUT2D eigenvalue weighted by Gasteiger charge is 2.35. The zero-order valence-electron chi connectivity index (χ0n) is 16.7. The number of carbonyl (C=O) groups is 1. The Kier molecular flexibility index (Phi) is 4.90. The molecular formula is C20H21ClN6O4. The van der Waals surface area contributed by atoms with E-state index in [1.807, 2.05) is 0 Å². The summed E-state index contributed by atoms with van der Waals surface area (Å²) in [4.78, 5) is 32.9. The summed E-state index contributed by atoms with van der Waals surface area (Å²) in [5.74, 6) is -0.651. The number of aliphatic carboxylic acids is 1. The van der Waals surface area contributed by atoms with Crippen LogP contribution in [0, 0.1) is 0 Å². The number of fused-ring (bicyclic) bond motifs is 3. The Hall–Kier alpha value is -2.98. The molecule has 0 aromatic carbocycles. The van der Waals surface area contributed by atoms with Crippen molar-refractivity contribution in [3.63, 3.8) is 0 Å². The zero-order valence-corrected chi connectivity index (χ0v) is 17.5. The summed E-state index contributed by atoms with van der Waals surface area (Å²) < 4.78 is 8.36. The first kappa shape index (κ1) is 20.0. The van der Waals surface area contributed by atoms with Crippen LogP contribution in [0.3, 0.4) is 0 Å². The first-order valence-corrected chi connectivity index (χ1v) is 10.5. The Morgan fingerprint density at radius 2 is 2.10 bits per heavy atom. The van der Waals surface area contributed by atoms with Gasteiger partial charge in [0.25, 0.3) is 5.56 Å². The summed E-state index contributed by atoms with van der Waals surface area (Å²) in [5, 5.41) is 17.1. The van der Waals surface area contributed by atoms with Crippen LogP contribution in [-0.4, -0.2) is 53.5 Å². The third-order valence-corrected chi connectivity index (χ3v) is 6.25. The number of hydrogen-bond donors (Lipinski definition) is 2. The van der Waals surface area contributed by atoms with E-state index in [1.54, 1.807) is 12.3 Å². The van der Waals surface area contributed by atoms with E-state index in [-0.39, 0.29) is 11.6 Å². The van der Waals surface area contributed by atoms with Crippen LogP contribution in [-0.2, 0) is 9.53 Å². The van der Waals surface area contributed by atoms with Gasteiger partial charge in [0.15, 0.2) is 0 Å². The smallest absolute Gasteiger partial charge is 0.326 e. The highest BCUT2D eigenvalue weighted by atomic mass is 35.5. The number of rotatable bonds is 5. The van der Waals surface area contributed by atoms with Gasteiger partial charge < -0.3 is 15.2 Å². The molecule has 2 aliphatic rings. The van der Waals surface area contributed by atoms with Gasteiger partial charge in [-0.15, -0.1) is 0 Å². The van der Waals surface area contributed by atoms with E-state index in [2.05, 4.69) is 20.4 Å². The van der Waals surface area contributed by atoms with E-state index < -0.39 is 17.6 Å². The molecule has 31 heavy (non-hydrogen) atoms. The van der Waals surface area contributed by atoms with Crippen LogP contribution in [0.4, 0.5) is 5.95 Å². The third-order valence-electron chi connectivity index (χ3n) is 5.97. The van der Waals surface area contributed by atoms with E-state index in [0.717, 1.165) is 30.3 Å². The molecule has 0 radical (unpaired) electrons. The standard InChI is InChI=1S/C20H21ClN6O4/c1-10(19(29)30)26-9-23-27-8-11(4-16(27)18(26)28)17-15(21)7-22-20(25-17)24-12-5-13-2-3-14(6-12)31-13/h4,7-10,12-14H,2-3,5-6H2,1H3,(H,29,30)(H,22,24,25). The molecule has 2 N–H and O–H groups in total. The Morgan fingerprint density at radius 1 is 1.35 bits per heavy atom. The fraction of sp³-hybridized carbons (Fsp3) is 0.450. The molecule has 3 aromatic rings. The van der Waals surface area contributed by atoms with Gasteiger partial charge >= 0.3 is 5.97 Å². The second-order valence-electron chi connectivity index (χ2n) is 8.08. The van der Waals surface area contributed by atoms with Gasteiger partial charge in [0, 0.05) is 17.8 Å². The van der Waals surface area contributed by atoms with Crippen LogP contribution >= 0.6 is 11.6 Å². The van der Waals surface area contributed by atoms with Gasteiger partial charge in [-0.3, -0.25) is 9.36 Å². The predicted octanol–water partition coefficient (Wildman–Crippen LogP) is 2.37. The quantitative estimate of drug-likeness (QED) is 0.614. The molecule has 0 saturated carbocycles. The largest absolute Gasteiger partial charge is 0.480 e. The van der Waals surface area contributed by atoms with E-state index >= 15 is 0 Å². The number of aromatic nitrogens is 5. The minimum Gasteiger partial charge on any atom is -0.480 e. The van der Waals surface area contributed by atoms with Crippen molar-refractivity contribution < 1.29 is 14.6 Å². The first-order chi connectivity index (χ1) is 14.9. The molecule has 2 aliphatic heterocycles. The summed E-state index contributed by atoms with van der Waals surface area (Å²) in [6, 6.07) is 0.809. The highest BCUT2D eigenvalue weighted by molar-refractivity contribution is 6.32. The van der Waals surface area contributed by atoms with Crippen LogP contribution in [0.2, 0.25) is 5.02 Å². The van der Waals surface area contributed by atoms with Crippen molar-refractivity contribution in [2.24, 2.45) is 0 Å². The van der Waals surface area contributed by atoms with Crippen molar-refractivity contribution in [1.29, 1.82) is 0 Å². The second kappa shape index (κ2) is 7.61. The maximum atomic E-state index is 12.7. The molecule has 2 bridgehead atoms. The summed E-state index contributed by atoms with van der Waals surface area (Å²) >= 11 is 6.36. The van der Waals surface area contributed by atoms with Gasteiger partial charge in [0.1, 0.15) is 17.9 Å². The molecular weight excluding hydrogens is 424 g/mol. The van der Waals surface area contributed by atoms with E-state index in [0.29, 0.717) is 34.4 Å². The number of ether oxygens (including phenoxy) is 1. The highest BCUT2D eigenvalue weighted by Crippen LogP contribution is 2.34. The van der Waals surface area contributed by atoms with Crippen LogP contribution < -0.4 is 10.9 Å². The lowest BCUT2D eigenvalue weighted by atomic mass is 10.0. The van der Waals surface area contributed by atoms with E-state index in [1.165, 1.54) is 24.0 Å². The molecule has 3 unspecified atom stereocenters. The lowest BCUT2D eigenvalue weighted by Crippen LogP contribution is -2.34. The van der Waals surface area contributed by atoms with E-state index in [9.17, 15) is 14.7 Å². The molecule has 11 heteroatoms. The summed E-state index contributed by atoms with van der Waals surface area (Å²) in [7, 11) is 0. The number of nitrogens with zero attached hydrogens (tertiary/aromatic N) is 5. The second-order valence-corrected chi connectivity index (χ2v) is 8.48. The molecule has 2 saturated heterocycles. The minimum atomic E-state index is -1.11. The lowest BCUT2D eigenvalue weighted by molar-refractivity contribution is -0.140. The molecule has 0 amide bonds. The fourth-order valence-electron chi connectivity index (χ4n) is 4.32. The normalized spacial score (nSPS) is 23.7. The fourth-order valence-corrected chi connectivity index (χ4v) is 4.53. The molecule has 10 nitrogen and oxygen atoms in total. The van der Waals surface area contributed by atoms with Crippen LogP contribution in [0.1, 0.15) is 38.6 Å². The van der Waals surface area contributed by atoms with Crippen molar-refractivity contribution >= 4 is 29.0 Å². The first-order valence-electron chi connectivity index (χ1n) is 10.2. The molecule has 0 spiro atoms. The van der Waals surface area contributed by atoms with Gasteiger partial charge in [0.2, 0.25) is 5.95 Å². The Morgan fingerprint density at radius 3 is 2.81 bits per heavy atom. The topological polar surface area (TPSA) is 124 Å². The van der Waals surface area contributed by atoms with Gasteiger partial charge in [-0.1, -0.05) is 11.6 Å². The number of hydrogen-bond acceptors (Lipinski definition) is 7. The summed E-state index contributed by atoms with van der Waals surface area (Å²) in [5.41, 5.74) is 0.831. The monoisotopic (exact) mass is 444 g/mol. The van der Waals surface area contributed by atoms with Crippen molar-refractivity contribution in [1.82, 2.24) is 24.1 Å². The number of carboxylic acid groups (broad SMARTS) is 1. The third kappa shape index (κ3) is 3.66. The molecule has 5 heterocycles. The molecule has 2 fully saturated rings. The Bertz CT molecular complexity index is 1210. The van der Waals surface area contributed by atoms with Crippen LogP contribution in [0.15, 0.2) is 29.6 Å². The van der Waals surface area contributed by atoms with Gasteiger partial charge in [-0.25, -0.2) is 19.3 Å². The van der Waals surface area contributed by atoms with E-state index in [4.69, 9.17) is 16.3 Å². The van der Waals surface area contributed by atoms with Crippen molar-refractivity contribution in [2.45, 2.75) is 56.9 Å². The Labute approximate surface area is 181 Å². The molecule has 5 rings (SSSR count). The van der Waals surface area contributed by atoms with Crippen LogP contribution in [0.25, 0.3) is 16.8 Å². The number of anilines is 1. The summed E-state index contributed by atoms with van der Waals surface area (Å²) in [6.45, 7) is 1.42. The number of carboxylic acids is 1. The zero-order chi connectivity index (χ0) is 21.7. The van der Waals surface area contributed by atoms with Crippen molar-refractivity contribution in [3.05, 3.63) is 40.2 Å². The van der Waals surface area contributed by atoms with Gasteiger partial charge in [0.05, 0.1) is 29.1 Å². The maximum Gasteiger partial charge on any atom is 0.326 e. The maximum absolute atomic E-state index is 12.7. The molecule has 3 aromatic heterocycles. The Balaban J connectivity index is 1.47. The lowest BCUT2D eigenvalue weighted by Gasteiger charge is -2.29. The van der Waals surface area contributed by atoms with Crippen LogP contribution in [0.5, 0.6) is 0 Å². The summed E-state index contributed by atoms with van der Waals surface area (Å²) in [6.07, 6.45) is 8.99. The predicted molar refractivity (Wildman–Crippen MR) is 112 cm³/mol. The molecule has 3 atom stereocenters. The SMILES string of the molecule is CC(C(=O)O)n1cnn2cc(-c3nc(NC4CC5CCC(C4)O5)ncc3Cl)cc2c1=O. The number of nitrogens with one attached hydrogen (secondary N) is 1. The van der Waals surface area contributed by atoms with Crippen molar-refractivity contribution in [2.75, 3.05) is 5.32 Å². The van der Waals surface area contributed by atoms with Gasteiger partial charge in [-0.05, 0) is 38.7 Å². The average Bonchev–Trinajstić information content (AvgIpc) is 3.32. The van der Waals surface area contributed by atoms with Crippen molar-refractivity contribution in [3.8, 4) is 11.3 Å². The number of halogens is 1. The molecule has 0 aliphatic carbocycles. The van der Waals surface area contributed by atoms with Gasteiger partial charge in [-0.2, -0.15) is 5.10 Å². The molecule has 162 valence electrons. The minimum absolute atomic E-state index is 0.232. The average molecular weight is 445 g/mol.